The Balaban J connectivity index is 2.54. The van der Waals surface area contributed by atoms with Crippen molar-refractivity contribution in [3.63, 3.8) is 0 Å². The monoisotopic (exact) mass is 292 g/mol. The molecule has 4 N–H and O–H groups in total. The SMILES string of the molecule is CCCCCC(CC)OC1O[C@H](CO)[C@@H](O)[C@H](O)[C@H]1O. The molecule has 0 aliphatic carbocycles. The molecule has 1 rings (SSSR count). The van der Waals surface area contributed by atoms with Crippen LogP contribution in [0.2, 0.25) is 0 Å². The summed E-state index contributed by atoms with van der Waals surface area (Å²) in [6.07, 6.45) is -1.11. The second kappa shape index (κ2) is 8.92. The van der Waals surface area contributed by atoms with Crippen LogP contribution in [0.5, 0.6) is 0 Å². The van der Waals surface area contributed by atoms with Crippen LogP contribution in [0.25, 0.3) is 0 Å². The van der Waals surface area contributed by atoms with Gasteiger partial charge in [0.1, 0.15) is 24.4 Å². The van der Waals surface area contributed by atoms with Gasteiger partial charge in [-0.15, -0.1) is 0 Å². The number of unbranched alkanes of at least 4 members (excludes halogenated alkanes) is 2. The molecule has 0 saturated carbocycles. The van der Waals surface area contributed by atoms with E-state index in [4.69, 9.17) is 14.6 Å². The van der Waals surface area contributed by atoms with Crippen LogP contribution in [-0.4, -0.2) is 63.8 Å². The fraction of sp³-hybridized carbons (Fsp3) is 1.00. The molecule has 0 aromatic carbocycles. The van der Waals surface area contributed by atoms with Crippen molar-refractivity contribution in [1.29, 1.82) is 0 Å². The lowest BCUT2D eigenvalue weighted by molar-refractivity contribution is -0.311. The number of ether oxygens (including phenoxy) is 2. The van der Waals surface area contributed by atoms with Gasteiger partial charge in [0.25, 0.3) is 0 Å². The van der Waals surface area contributed by atoms with E-state index in [9.17, 15) is 15.3 Å². The first-order chi connectivity index (χ1) is 9.54. The number of hydrogen-bond donors (Lipinski definition) is 4. The van der Waals surface area contributed by atoms with Crippen LogP contribution in [0.1, 0.15) is 46.0 Å². The predicted octanol–water partition coefficient (Wildman–Crippen LogP) is 0.162. The molecule has 20 heavy (non-hydrogen) atoms. The Bertz CT molecular complexity index is 260. The Labute approximate surface area is 120 Å². The van der Waals surface area contributed by atoms with Crippen molar-refractivity contribution in [1.82, 2.24) is 0 Å². The summed E-state index contributed by atoms with van der Waals surface area (Å²) in [6.45, 7) is 3.68. The van der Waals surface area contributed by atoms with Crippen molar-refractivity contribution < 1.29 is 29.9 Å². The summed E-state index contributed by atoms with van der Waals surface area (Å²) in [5, 5.41) is 38.4. The van der Waals surface area contributed by atoms with Crippen molar-refractivity contribution in [2.24, 2.45) is 0 Å². The number of aliphatic hydroxyl groups is 4. The van der Waals surface area contributed by atoms with Crippen molar-refractivity contribution in [3.8, 4) is 0 Å². The minimum atomic E-state index is -1.38. The third-order valence-corrected chi connectivity index (χ3v) is 3.76. The normalized spacial score (nSPS) is 36.0. The molecule has 0 aromatic heterocycles. The molecule has 1 heterocycles. The zero-order valence-electron chi connectivity index (χ0n) is 12.3. The van der Waals surface area contributed by atoms with E-state index in [0.29, 0.717) is 0 Å². The van der Waals surface area contributed by atoms with E-state index in [0.717, 1.165) is 32.1 Å². The zero-order chi connectivity index (χ0) is 15.1. The summed E-state index contributed by atoms with van der Waals surface area (Å²) in [5.74, 6) is 0. The largest absolute Gasteiger partial charge is 0.394 e. The van der Waals surface area contributed by atoms with Gasteiger partial charge < -0.3 is 29.9 Å². The third-order valence-electron chi connectivity index (χ3n) is 3.76. The Hall–Kier alpha value is -0.240. The molecule has 0 amide bonds. The standard InChI is InChI=1S/C14H28O6/c1-3-5-6-7-9(4-2)19-14-13(18)12(17)11(16)10(8-15)20-14/h9-18H,3-8H2,1-2H3/t9?,10-,11-,12+,13-,14?/m1/s1. The maximum Gasteiger partial charge on any atom is 0.186 e. The summed E-state index contributed by atoms with van der Waals surface area (Å²) in [7, 11) is 0. The Morgan fingerprint density at radius 3 is 2.30 bits per heavy atom. The summed E-state index contributed by atoms with van der Waals surface area (Å²) >= 11 is 0. The average molecular weight is 292 g/mol. The van der Waals surface area contributed by atoms with E-state index in [1.54, 1.807) is 0 Å². The maximum atomic E-state index is 9.90. The summed E-state index contributed by atoms with van der Waals surface area (Å²) in [5.41, 5.74) is 0. The third kappa shape index (κ3) is 4.65. The highest BCUT2D eigenvalue weighted by molar-refractivity contribution is 4.89. The Morgan fingerprint density at radius 2 is 1.75 bits per heavy atom. The molecular formula is C14H28O6. The topological polar surface area (TPSA) is 99.4 Å². The molecule has 0 aromatic rings. The van der Waals surface area contributed by atoms with Crippen molar-refractivity contribution in [3.05, 3.63) is 0 Å². The number of aliphatic hydroxyl groups excluding tert-OH is 4. The fourth-order valence-corrected chi connectivity index (χ4v) is 2.36. The first-order valence-electron chi connectivity index (χ1n) is 7.51. The predicted molar refractivity (Wildman–Crippen MR) is 73.1 cm³/mol. The number of hydrogen-bond acceptors (Lipinski definition) is 6. The zero-order valence-corrected chi connectivity index (χ0v) is 12.3. The summed E-state index contributed by atoms with van der Waals surface area (Å²) in [4.78, 5) is 0. The Kier molecular flexibility index (Phi) is 7.94. The van der Waals surface area contributed by atoms with Crippen LogP contribution < -0.4 is 0 Å². The minimum absolute atomic E-state index is 0.0667. The van der Waals surface area contributed by atoms with E-state index >= 15 is 0 Å². The number of rotatable bonds is 8. The van der Waals surface area contributed by atoms with Crippen LogP contribution in [0, 0.1) is 0 Å². The molecular weight excluding hydrogens is 264 g/mol. The van der Waals surface area contributed by atoms with Crippen LogP contribution in [-0.2, 0) is 9.47 Å². The molecule has 6 nitrogen and oxygen atoms in total. The lowest BCUT2D eigenvalue weighted by atomic mass is 9.99. The van der Waals surface area contributed by atoms with Crippen molar-refractivity contribution in [2.75, 3.05) is 6.61 Å². The van der Waals surface area contributed by atoms with E-state index in [-0.39, 0.29) is 6.10 Å². The van der Waals surface area contributed by atoms with E-state index < -0.39 is 37.3 Å². The lowest BCUT2D eigenvalue weighted by Gasteiger charge is -2.40. The van der Waals surface area contributed by atoms with Crippen molar-refractivity contribution in [2.45, 2.75) is 82.8 Å². The van der Waals surface area contributed by atoms with Crippen LogP contribution >= 0.6 is 0 Å². The van der Waals surface area contributed by atoms with Gasteiger partial charge in [0.05, 0.1) is 12.7 Å². The highest BCUT2D eigenvalue weighted by atomic mass is 16.7. The first kappa shape index (κ1) is 17.8. The van der Waals surface area contributed by atoms with Gasteiger partial charge in [0.15, 0.2) is 6.29 Å². The van der Waals surface area contributed by atoms with Crippen LogP contribution in [0.3, 0.4) is 0 Å². The average Bonchev–Trinajstić information content (AvgIpc) is 2.46. The van der Waals surface area contributed by atoms with Gasteiger partial charge in [-0.2, -0.15) is 0 Å². The highest BCUT2D eigenvalue weighted by Crippen LogP contribution is 2.24. The fourth-order valence-electron chi connectivity index (χ4n) is 2.36. The minimum Gasteiger partial charge on any atom is -0.394 e. The smallest absolute Gasteiger partial charge is 0.186 e. The quantitative estimate of drug-likeness (QED) is 0.476. The molecule has 120 valence electrons. The molecule has 6 atom stereocenters. The summed E-state index contributed by atoms with van der Waals surface area (Å²) in [6, 6.07) is 0. The molecule has 0 radical (unpaired) electrons. The van der Waals surface area contributed by atoms with Gasteiger partial charge in [0, 0.05) is 0 Å². The van der Waals surface area contributed by atoms with Gasteiger partial charge in [0.2, 0.25) is 0 Å². The maximum absolute atomic E-state index is 9.90. The van der Waals surface area contributed by atoms with E-state index in [1.165, 1.54) is 0 Å². The lowest BCUT2D eigenvalue weighted by Crippen LogP contribution is -2.59. The van der Waals surface area contributed by atoms with Crippen molar-refractivity contribution >= 4 is 0 Å². The van der Waals surface area contributed by atoms with Crippen LogP contribution in [0.15, 0.2) is 0 Å². The molecule has 2 unspecified atom stereocenters. The molecule has 1 aliphatic heterocycles. The van der Waals surface area contributed by atoms with E-state index in [1.807, 2.05) is 6.92 Å². The second-order valence-corrected chi connectivity index (χ2v) is 5.36. The van der Waals surface area contributed by atoms with Gasteiger partial charge in [-0.25, -0.2) is 0 Å². The second-order valence-electron chi connectivity index (χ2n) is 5.36. The van der Waals surface area contributed by atoms with Gasteiger partial charge in [-0.3, -0.25) is 0 Å². The highest BCUT2D eigenvalue weighted by Gasteiger charge is 2.44. The van der Waals surface area contributed by atoms with Gasteiger partial charge in [-0.05, 0) is 12.8 Å². The van der Waals surface area contributed by atoms with Gasteiger partial charge in [-0.1, -0.05) is 33.1 Å². The van der Waals surface area contributed by atoms with E-state index in [2.05, 4.69) is 6.92 Å². The van der Waals surface area contributed by atoms with Gasteiger partial charge >= 0.3 is 0 Å². The molecule has 1 fully saturated rings. The Morgan fingerprint density at radius 1 is 1.05 bits per heavy atom. The first-order valence-corrected chi connectivity index (χ1v) is 7.51. The molecule has 6 heteroatoms. The molecule has 1 aliphatic rings. The summed E-state index contributed by atoms with van der Waals surface area (Å²) < 4.78 is 11.0. The molecule has 1 saturated heterocycles. The molecule has 0 bridgehead atoms. The van der Waals surface area contributed by atoms with Crippen LogP contribution in [0.4, 0.5) is 0 Å². The molecule has 0 spiro atoms.